The number of hydrogen-bond donors (Lipinski definition) is 0. The molecule has 0 aromatic heterocycles. The zero-order chi connectivity index (χ0) is 15.0. The molecule has 0 atom stereocenters. The minimum absolute atomic E-state index is 0.167. The fourth-order valence-corrected chi connectivity index (χ4v) is 2.25. The van der Waals surface area contributed by atoms with Gasteiger partial charge in [-0.1, -0.05) is 32.9 Å². The molecular weight excluding hydrogens is 272 g/mol. The normalized spacial score (nSPS) is 10.6. The maximum atomic E-state index is 11.7. The summed E-state index contributed by atoms with van der Waals surface area (Å²) in [6.07, 6.45) is 1.44. The average molecular weight is 294 g/mol. The summed E-state index contributed by atoms with van der Waals surface area (Å²) >= 11 is 1.43. The molecule has 0 N–H and O–H groups in total. The van der Waals surface area contributed by atoms with Crippen molar-refractivity contribution < 1.29 is 14.3 Å². The number of Topliss-reactive ketones (excluding diaryl/α,β-unsaturated/α-hetero) is 1. The number of thioether (sulfide) groups is 1. The Morgan fingerprint density at radius 3 is 2.40 bits per heavy atom. The van der Waals surface area contributed by atoms with Crippen molar-refractivity contribution in [2.45, 2.75) is 38.5 Å². The highest BCUT2D eigenvalue weighted by molar-refractivity contribution is 8.00. The summed E-state index contributed by atoms with van der Waals surface area (Å²) in [4.78, 5) is 24.1. The molecule has 0 saturated carbocycles. The van der Waals surface area contributed by atoms with Crippen molar-refractivity contribution in [1.29, 1.82) is 0 Å². The van der Waals surface area contributed by atoms with E-state index in [0.29, 0.717) is 24.7 Å². The lowest BCUT2D eigenvalue weighted by Gasteiger charge is -2.07. The molecule has 1 rings (SSSR count). The second-order valence-corrected chi connectivity index (χ2v) is 6.11. The highest BCUT2D eigenvalue weighted by Crippen LogP contribution is 2.19. The number of ketones is 1. The van der Waals surface area contributed by atoms with Crippen LogP contribution in [-0.4, -0.2) is 24.1 Å². The maximum Gasteiger partial charge on any atom is 0.316 e. The van der Waals surface area contributed by atoms with Gasteiger partial charge in [-0.25, -0.2) is 0 Å². The van der Waals surface area contributed by atoms with E-state index in [1.807, 2.05) is 45.0 Å². The van der Waals surface area contributed by atoms with E-state index < -0.39 is 0 Å². The van der Waals surface area contributed by atoms with Gasteiger partial charge in [0.25, 0.3) is 0 Å². The molecule has 0 heterocycles. The Balaban J connectivity index is 2.42. The Hall–Kier alpha value is -1.29. The van der Waals surface area contributed by atoms with Crippen LogP contribution in [0, 0.1) is 5.92 Å². The van der Waals surface area contributed by atoms with E-state index in [2.05, 4.69) is 0 Å². The Morgan fingerprint density at radius 2 is 1.85 bits per heavy atom. The van der Waals surface area contributed by atoms with Crippen LogP contribution in [0.25, 0.3) is 0 Å². The highest BCUT2D eigenvalue weighted by Gasteiger charge is 2.07. The molecule has 4 heteroatoms. The van der Waals surface area contributed by atoms with E-state index in [0.717, 1.165) is 16.9 Å². The van der Waals surface area contributed by atoms with Gasteiger partial charge in [0, 0.05) is 16.9 Å². The summed E-state index contributed by atoms with van der Waals surface area (Å²) in [5, 5.41) is 0. The molecule has 0 radical (unpaired) electrons. The number of esters is 1. The molecule has 0 bridgehead atoms. The van der Waals surface area contributed by atoms with Crippen molar-refractivity contribution in [3.05, 3.63) is 29.8 Å². The Labute approximate surface area is 125 Å². The molecule has 20 heavy (non-hydrogen) atoms. The van der Waals surface area contributed by atoms with Crippen molar-refractivity contribution in [1.82, 2.24) is 0 Å². The SMILES string of the molecule is CCCC(=O)c1ccc(SCC(=O)OCC(C)C)cc1. The van der Waals surface area contributed by atoms with Crippen LogP contribution in [0.2, 0.25) is 0 Å². The van der Waals surface area contributed by atoms with Crippen molar-refractivity contribution >= 4 is 23.5 Å². The molecule has 0 fully saturated rings. The predicted molar refractivity (Wildman–Crippen MR) is 82.2 cm³/mol. The van der Waals surface area contributed by atoms with Gasteiger partial charge in [-0.05, 0) is 24.5 Å². The monoisotopic (exact) mass is 294 g/mol. The molecule has 3 nitrogen and oxygen atoms in total. The second kappa shape index (κ2) is 8.80. The largest absolute Gasteiger partial charge is 0.465 e. The Morgan fingerprint density at radius 1 is 1.20 bits per heavy atom. The van der Waals surface area contributed by atoms with Gasteiger partial charge in [-0.3, -0.25) is 9.59 Å². The van der Waals surface area contributed by atoms with Gasteiger partial charge in [-0.15, -0.1) is 11.8 Å². The third-order valence-electron chi connectivity index (χ3n) is 2.59. The molecule has 0 aliphatic rings. The van der Waals surface area contributed by atoms with Crippen LogP contribution in [0.4, 0.5) is 0 Å². The van der Waals surface area contributed by atoms with Crippen molar-refractivity contribution in [3.63, 3.8) is 0 Å². The topological polar surface area (TPSA) is 43.4 Å². The van der Waals surface area contributed by atoms with E-state index in [9.17, 15) is 9.59 Å². The summed E-state index contributed by atoms with van der Waals surface area (Å²) in [6.45, 7) is 6.47. The number of ether oxygens (including phenoxy) is 1. The third-order valence-corrected chi connectivity index (χ3v) is 3.57. The minimum Gasteiger partial charge on any atom is -0.465 e. The second-order valence-electron chi connectivity index (χ2n) is 5.06. The standard InChI is InChI=1S/C16H22O3S/c1-4-5-15(17)13-6-8-14(9-7-13)20-11-16(18)19-10-12(2)3/h6-9,12H,4-5,10-11H2,1-3H3. The van der Waals surface area contributed by atoms with Crippen LogP contribution >= 0.6 is 11.8 Å². The Bertz CT molecular complexity index is 438. The lowest BCUT2D eigenvalue weighted by Crippen LogP contribution is -2.11. The lowest BCUT2D eigenvalue weighted by atomic mass is 10.1. The van der Waals surface area contributed by atoms with Gasteiger partial charge in [0.05, 0.1) is 12.4 Å². The van der Waals surface area contributed by atoms with Crippen LogP contribution < -0.4 is 0 Å². The molecule has 0 saturated heterocycles. The van der Waals surface area contributed by atoms with E-state index in [1.165, 1.54) is 11.8 Å². The maximum absolute atomic E-state index is 11.7. The van der Waals surface area contributed by atoms with Gasteiger partial charge < -0.3 is 4.74 Å². The first-order chi connectivity index (χ1) is 9.52. The van der Waals surface area contributed by atoms with Crippen molar-refractivity contribution in [2.24, 2.45) is 5.92 Å². The summed E-state index contributed by atoms with van der Waals surface area (Å²) in [6, 6.07) is 7.39. The summed E-state index contributed by atoms with van der Waals surface area (Å²) < 4.78 is 5.11. The van der Waals surface area contributed by atoms with Gasteiger partial charge in [0.15, 0.2) is 5.78 Å². The van der Waals surface area contributed by atoms with Crippen molar-refractivity contribution in [2.75, 3.05) is 12.4 Å². The van der Waals surface area contributed by atoms with Crippen LogP contribution in [0.15, 0.2) is 29.2 Å². The molecule has 0 amide bonds. The first-order valence-electron chi connectivity index (χ1n) is 6.94. The summed E-state index contributed by atoms with van der Waals surface area (Å²) in [7, 11) is 0. The molecular formula is C16H22O3S. The smallest absolute Gasteiger partial charge is 0.316 e. The zero-order valence-electron chi connectivity index (χ0n) is 12.3. The third kappa shape index (κ3) is 6.24. The number of hydrogen-bond acceptors (Lipinski definition) is 4. The van der Waals surface area contributed by atoms with Gasteiger partial charge in [-0.2, -0.15) is 0 Å². The number of carbonyl (C=O) groups excluding carboxylic acids is 2. The summed E-state index contributed by atoms with van der Waals surface area (Å²) in [5.41, 5.74) is 0.735. The number of carbonyl (C=O) groups is 2. The minimum atomic E-state index is -0.199. The Kier molecular flexibility index (Phi) is 7.37. The van der Waals surface area contributed by atoms with Gasteiger partial charge >= 0.3 is 5.97 Å². The fraction of sp³-hybridized carbons (Fsp3) is 0.500. The molecule has 0 aliphatic carbocycles. The fourth-order valence-electron chi connectivity index (χ4n) is 1.55. The van der Waals surface area contributed by atoms with Crippen LogP contribution in [0.1, 0.15) is 44.0 Å². The molecule has 0 unspecified atom stereocenters. The molecule has 0 aliphatic heterocycles. The average Bonchev–Trinajstić information content (AvgIpc) is 2.43. The molecule has 1 aromatic rings. The number of rotatable bonds is 8. The zero-order valence-corrected chi connectivity index (χ0v) is 13.2. The molecule has 110 valence electrons. The molecule has 1 aromatic carbocycles. The van der Waals surface area contributed by atoms with Gasteiger partial charge in [0.1, 0.15) is 0 Å². The quantitative estimate of drug-likeness (QED) is 0.413. The van der Waals surface area contributed by atoms with Crippen LogP contribution in [-0.2, 0) is 9.53 Å². The van der Waals surface area contributed by atoms with Crippen LogP contribution in [0.5, 0.6) is 0 Å². The number of benzene rings is 1. The first-order valence-corrected chi connectivity index (χ1v) is 7.93. The van der Waals surface area contributed by atoms with Crippen LogP contribution in [0.3, 0.4) is 0 Å². The first kappa shape index (κ1) is 16.8. The highest BCUT2D eigenvalue weighted by atomic mass is 32.2. The lowest BCUT2D eigenvalue weighted by molar-refractivity contribution is -0.141. The summed E-state index contributed by atoms with van der Waals surface area (Å²) in [5.74, 6) is 0.623. The van der Waals surface area contributed by atoms with Gasteiger partial charge in [0.2, 0.25) is 0 Å². The van der Waals surface area contributed by atoms with E-state index in [-0.39, 0.29) is 11.8 Å². The predicted octanol–water partition coefficient (Wildman–Crippen LogP) is 3.96. The van der Waals surface area contributed by atoms with E-state index in [1.54, 1.807) is 0 Å². The van der Waals surface area contributed by atoms with Crippen molar-refractivity contribution in [3.8, 4) is 0 Å². The van der Waals surface area contributed by atoms with E-state index in [4.69, 9.17) is 4.74 Å². The molecule has 0 spiro atoms. The van der Waals surface area contributed by atoms with E-state index >= 15 is 0 Å².